The highest BCUT2D eigenvalue weighted by Gasteiger charge is 2.58. The van der Waals surface area contributed by atoms with Gasteiger partial charge < -0.3 is 5.11 Å². The van der Waals surface area contributed by atoms with E-state index in [1.807, 2.05) is 0 Å². The molecule has 8 atom stereocenters. The molecule has 0 saturated heterocycles. The van der Waals surface area contributed by atoms with Crippen molar-refractivity contribution in [1.82, 2.24) is 0 Å². The van der Waals surface area contributed by atoms with Gasteiger partial charge >= 0.3 is 0 Å². The lowest BCUT2D eigenvalue weighted by atomic mass is 9.47. The molecule has 0 radical (unpaired) electrons. The van der Waals surface area contributed by atoms with Crippen LogP contribution < -0.4 is 0 Å². The molecule has 0 aromatic carbocycles. The second kappa shape index (κ2) is 7.85. The van der Waals surface area contributed by atoms with E-state index in [9.17, 15) is 5.11 Å². The highest BCUT2D eigenvalue weighted by atomic mass is 16.3. The molecule has 0 spiro atoms. The molecule has 0 bridgehead atoms. The van der Waals surface area contributed by atoms with E-state index >= 15 is 0 Å². The van der Waals surface area contributed by atoms with Crippen molar-refractivity contribution in [3.05, 3.63) is 23.3 Å². The topological polar surface area (TPSA) is 20.2 Å². The number of allylic oxidation sites excluding steroid dienone is 3. The van der Waals surface area contributed by atoms with Crippen LogP contribution in [0.25, 0.3) is 0 Å². The molecule has 0 aromatic rings. The summed E-state index contributed by atoms with van der Waals surface area (Å²) < 4.78 is 0. The third-order valence-electron chi connectivity index (χ3n) is 10.1. The Hall–Kier alpha value is -0.560. The first kappa shape index (κ1) is 21.7. The average Bonchev–Trinajstić information content (AvgIpc) is 2.99. The molecule has 0 aliphatic heterocycles. The fraction of sp³-hybridized carbons (Fsp3) is 0.857. The van der Waals surface area contributed by atoms with Crippen LogP contribution in [0.4, 0.5) is 0 Å². The van der Waals surface area contributed by atoms with Crippen LogP contribution in [0.5, 0.6) is 0 Å². The molecule has 3 saturated carbocycles. The molecule has 0 aromatic heterocycles. The van der Waals surface area contributed by atoms with E-state index in [2.05, 4.69) is 53.7 Å². The minimum atomic E-state index is -0.0858. The molecule has 3 fully saturated rings. The van der Waals surface area contributed by atoms with Crippen molar-refractivity contribution in [2.75, 3.05) is 0 Å². The molecule has 1 heteroatoms. The van der Waals surface area contributed by atoms with E-state index < -0.39 is 0 Å². The summed E-state index contributed by atoms with van der Waals surface area (Å²) in [7, 11) is 0. The van der Waals surface area contributed by atoms with E-state index in [1.165, 1.54) is 44.9 Å². The summed E-state index contributed by atoms with van der Waals surface area (Å²) in [5, 5.41) is 10.2. The van der Waals surface area contributed by atoms with E-state index in [-0.39, 0.29) is 6.10 Å². The minimum Gasteiger partial charge on any atom is -0.393 e. The van der Waals surface area contributed by atoms with Crippen molar-refractivity contribution in [1.29, 1.82) is 0 Å². The van der Waals surface area contributed by atoms with E-state index in [4.69, 9.17) is 0 Å². The minimum absolute atomic E-state index is 0.0858. The molecule has 4 aliphatic rings. The standard InChI is InChI=1S/C28H46O/c1-18(2)15-19(3)16-20(4)24-9-10-25-23-8-7-21-17-22(29)11-13-27(21,5)26(23)12-14-28(24,25)6/h7,16,18,20,22-26,29H,8-15,17H2,1-6H3/b19-16+/t20?,22-,23?,24+,25?,26?,27-,28+/m0/s1. The van der Waals surface area contributed by atoms with Gasteiger partial charge in [-0.25, -0.2) is 0 Å². The maximum Gasteiger partial charge on any atom is 0.0577 e. The Balaban J connectivity index is 1.54. The maximum absolute atomic E-state index is 10.2. The number of aliphatic hydroxyl groups is 1. The van der Waals surface area contributed by atoms with Crippen molar-refractivity contribution in [3.63, 3.8) is 0 Å². The number of fused-ring (bicyclic) bond motifs is 5. The molecule has 29 heavy (non-hydrogen) atoms. The molecular formula is C28H46O. The summed E-state index contributed by atoms with van der Waals surface area (Å²) in [6.45, 7) is 14.8. The van der Waals surface area contributed by atoms with Gasteiger partial charge in [0.1, 0.15) is 0 Å². The van der Waals surface area contributed by atoms with Gasteiger partial charge in [0, 0.05) is 0 Å². The van der Waals surface area contributed by atoms with E-state index in [0.717, 1.165) is 48.3 Å². The summed E-state index contributed by atoms with van der Waals surface area (Å²) in [5.41, 5.74) is 4.12. The van der Waals surface area contributed by atoms with E-state index in [0.29, 0.717) is 10.8 Å². The number of aliphatic hydroxyl groups excluding tert-OH is 1. The summed E-state index contributed by atoms with van der Waals surface area (Å²) in [4.78, 5) is 0. The highest BCUT2D eigenvalue weighted by Crippen LogP contribution is 2.67. The van der Waals surface area contributed by atoms with Crippen LogP contribution in [-0.2, 0) is 0 Å². The van der Waals surface area contributed by atoms with Crippen LogP contribution in [0.1, 0.15) is 99.3 Å². The normalized spacial score (nSPS) is 46.0. The van der Waals surface area contributed by atoms with Gasteiger partial charge in [-0.1, -0.05) is 57.9 Å². The molecule has 4 rings (SSSR count). The zero-order valence-electron chi connectivity index (χ0n) is 20.0. The lowest BCUT2D eigenvalue weighted by Gasteiger charge is -2.58. The van der Waals surface area contributed by atoms with Gasteiger partial charge in [0.05, 0.1) is 6.10 Å². The third-order valence-corrected chi connectivity index (χ3v) is 10.1. The van der Waals surface area contributed by atoms with Crippen molar-refractivity contribution in [2.45, 2.75) is 105 Å². The van der Waals surface area contributed by atoms with Gasteiger partial charge in [0.15, 0.2) is 0 Å². The zero-order valence-corrected chi connectivity index (χ0v) is 20.0. The Labute approximate surface area is 180 Å². The van der Waals surface area contributed by atoms with Crippen LogP contribution in [-0.4, -0.2) is 11.2 Å². The highest BCUT2D eigenvalue weighted by molar-refractivity contribution is 5.25. The summed E-state index contributed by atoms with van der Waals surface area (Å²) >= 11 is 0. The van der Waals surface area contributed by atoms with Crippen LogP contribution in [0, 0.1) is 46.3 Å². The fourth-order valence-electron chi connectivity index (χ4n) is 8.82. The van der Waals surface area contributed by atoms with Crippen molar-refractivity contribution in [3.8, 4) is 0 Å². The number of rotatable bonds is 4. The Bertz CT molecular complexity index is 672. The van der Waals surface area contributed by atoms with Gasteiger partial charge in [0.2, 0.25) is 0 Å². The lowest BCUT2D eigenvalue weighted by molar-refractivity contribution is -0.0541. The maximum atomic E-state index is 10.2. The molecule has 4 aliphatic carbocycles. The van der Waals surface area contributed by atoms with Gasteiger partial charge in [-0.05, 0) is 111 Å². The van der Waals surface area contributed by atoms with Crippen molar-refractivity contribution in [2.24, 2.45) is 46.3 Å². The predicted octanol–water partition coefficient (Wildman–Crippen LogP) is 7.55. The van der Waals surface area contributed by atoms with Crippen molar-refractivity contribution < 1.29 is 5.11 Å². The van der Waals surface area contributed by atoms with E-state index in [1.54, 1.807) is 11.1 Å². The largest absolute Gasteiger partial charge is 0.393 e. The zero-order chi connectivity index (χ0) is 21.0. The third kappa shape index (κ3) is 3.68. The molecule has 1 nitrogen and oxygen atoms in total. The Morgan fingerprint density at radius 3 is 2.59 bits per heavy atom. The van der Waals surface area contributed by atoms with Crippen molar-refractivity contribution >= 4 is 0 Å². The number of hydrogen-bond acceptors (Lipinski definition) is 1. The second-order valence-electron chi connectivity index (χ2n) is 12.4. The summed E-state index contributed by atoms with van der Waals surface area (Å²) in [6, 6.07) is 0. The van der Waals surface area contributed by atoms with Crippen LogP contribution in [0.15, 0.2) is 23.3 Å². The molecule has 1 N–H and O–H groups in total. The first-order valence-corrected chi connectivity index (χ1v) is 12.7. The van der Waals surface area contributed by atoms with Crippen LogP contribution >= 0.6 is 0 Å². The van der Waals surface area contributed by atoms with Gasteiger partial charge in [0.25, 0.3) is 0 Å². The monoisotopic (exact) mass is 398 g/mol. The Kier molecular flexibility index (Phi) is 5.86. The summed E-state index contributed by atoms with van der Waals surface area (Å²) in [5.74, 6) is 5.00. The number of hydrogen-bond donors (Lipinski definition) is 1. The first-order chi connectivity index (χ1) is 13.6. The average molecular weight is 399 g/mol. The predicted molar refractivity (Wildman–Crippen MR) is 124 cm³/mol. The molecule has 4 unspecified atom stereocenters. The quantitative estimate of drug-likeness (QED) is 0.484. The molecule has 0 amide bonds. The smallest absolute Gasteiger partial charge is 0.0577 e. The SMILES string of the molecule is C/C(=C\C(C)[C@H]1CCC2C3CC=C4C[C@@H](O)CC[C@]4(C)C3CC[C@@]21C)CC(C)C. The molecule has 0 heterocycles. The lowest BCUT2D eigenvalue weighted by Crippen LogP contribution is -2.50. The van der Waals surface area contributed by atoms with Gasteiger partial charge in [-0.15, -0.1) is 0 Å². The Morgan fingerprint density at radius 2 is 1.86 bits per heavy atom. The van der Waals surface area contributed by atoms with Crippen LogP contribution in [0.3, 0.4) is 0 Å². The first-order valence-electron chi connectivity index (χ1n) is 12.7. The molecule has 164 valence electrons. The van der Waals surface area contributed by atoms with Crippen LogP contribution in [0.2, 0.25) is 0 Å². The Morgan fingerprint density at radius 1 is 1.10 bits per heavy atom. The fourth-order valence-corrected chi connectivity index (χ4v) is 8.82. The molecular weight excluding hydrogens is 352 g/mol. The second-order valence-corrected chi connectivity index (χ2v) is 12.4. The van der Waals surface area contributed by atoms with Gasteiger partial charge in [-0.3, -0.25) is 0 Å². The summed E-state index contributed by atoms with van der Waals surface area (Å²) in [6.07, 6.45) is 16.6. The van der Waals surface area contributed by atoms with Gasteiger partial charge in [-0.2, -0.15) is 0 Å².